The van der Waals surface area contributed by atoms with Gasteiger partial charge in [0.2, 0.25) is 0 Å². The van der Waals surface area contributed by atoms with Crippen molar-refractivity contribution < 1.29 is 5.11 Å². The van der Waals surface area contributed by atoms with Crippen LogP contribution in [0.2, 0.25) is 0 Å². The second-order valence-corrected chi connectivity index (χ2v) is 1.99. The minimum Gasteiger partial charge on any atom is -0.501 e. The van der Waals surface area contributed by atoms with E-state index in [4.69, 9.17) is 5.11 Å². The van der Waals surface area contributed by atoms with Crippen LogP contribution in [0.5, 0.6) is 0 Å². The van der Waals surface area contributed by atoms with Crippen LogP contribution in [0, 0.1) is 0 Å². The van der Waals surface area contributed by atoms with Gasteiger partial charge in [-0.2, -0.15) is 0 Å². The highest BCUT2D eigenvalue weighted by molar-refractivity contribution is 5.29. The first-order chi connectivity index (χ1) is 4.83. The third-order valence-corrected chi connectivity index (χ3v) is 1.16. The number of hydrogen-bond acceptors (Lipinski definition) is 1. The third-order valence-electron chi connectivity index (χ3n) is 1.16. The van der Waals surface area contributed by atoms with Gasteiger partial charge in [-0.05, 0) is 24.3 Å². The van der Waals surface area contributed by atoms with Gasteiger partial charge in [-0.1, -0.05) is 11.8 Å². The minimum absolute atomic E-state index is 0.132. The van der Waals surface area contributed by atoms with Crippen LogP contribution >= 0.6 is 0 Å². The Bertz CT molecular complexity index is 269. The molecular weight excluding hydrogens is 124 g/mol. The van der Waals surface area contributed by atoms with Gasteiger partial charge < -0.3 is 5.11 Å². The molecule has 0 aromatic carbocycles. The van der Waals surface area contributed by atoms with Crippen LogP contribution in [-0.2, 0) is 0 Å². The molecule has 1 rings (SSSR count). The lowest BCUT2D eigenvalue weighted by Gasteiger charge is -1.93. The molecule has 50 valence electrons. The quantitative estimate of drug-likeness (QED) is 0.451. The fourth-order valence-electron chi connectivity index (χ4n) is 0.682. The van der Waals surface area contributed by atoms with E-state index in [0.29, 0.717) is 0 Å². The molecule has 1 N–H and O–H groups in total. The molecule has 0 spiro atoms. The van der Waals surface area contributed by atoms with E-state index in [1.54, 1.807) is 18.2 Å². The smallest absolute Gasteiger partial charge is 0.167 e. The predicted octanol–water partition coefficient (Wildman–Crippen LogP) is 2.25. The van der Waals surface area contributed by atoms with E-state index in [1.165, 1.54) is 0 Å². The zero-order valence-electron chi connectivity index (χ0n) is 5.59. The molecule has 0 aromatic rings. The van der Waals surface area contributed by atoms with E-state index >= 15 is 0 Å². The average molecular weight is 132 g/mol. The summed E-state index contributed by atoms with van der Waals surface area (Å²) < 4.78 is 0. The lowest BCUT2D eigenvalue weighted by molar-refractivity contribution is 0.433. The van der Waals surface area contributed by atoms with Crippen molar-refractivity contribution >= 4 is 0 Å². The molecule has 0 fully saturated rings. The Balaban J connectivity index is 2.91. The summed E-state index contributed by atoms with van der Waals surface area (Å²) in [6, 6.07) is 0. The second-order valence-electron chi connectivity index (χ2n) is 1.99. The van der Waals surface area contributed by atoms with Gasteiger partial charge in [0.25, 0.3) is 0 Å². The van der Waals surface area contributed by atoms with Crippen molar-refractivity contribution in [1.82, 2.24) is 0 Å². The maximum absolute atomic E-state index is 8.81. The van der Waals surface area contributed by atoms with Crippen LogP contribution in [0.25, 0.3) is 0 Å². The Morgan fingerprint density at radius 3 is 2.80 bits per heavy atom. The van der Waals surface area contributed by atoms with Crippen LogP contribution in [0.15, 0.2) is 47.6 Å². The second kappa shape index (κ2) is 2.93. The standard InChI is InChI=1S/C9H8O/c1-2-3-8-4-6-9(10)7-5-8/h2,4,6,10H,1,3H2. The highest BCUT2D eigenvalue weighted by Crippen LogP contribution is 2.06. The van der Waals surface area contributed by atoms with E-state index in [1.807, 2.05) is 0 Å². The molecule has 0 aromatic heterocycles. The first-order valence-electron chi connectivity index (χ1n) is 3.05. The van der Waals surface area contributed by atoms with Crippen molar-refractivity contribution in [2.45, 2.75) is 6.42 Å². The van der Waals surface area contributed by atoms with Gasteiger partial charge in [-0.25, -0.2) is 0 Å². The van der Waals surface area contributed by atoms with Crippen molar-refractivity contribution in [3.8, 4) is 0 Å². The average Bonchev–Trinajstić information content (AvgIpc) is 1.95. The number of hydrogen-bond donors (Lipinski definition) is 1. The van der Waals surface area contributed by atoms with Crippen molar-refractivity contribution in [3.05, 3.63) is 47.6 Å². The Hall–Kier alpha value is -1.42. The van der Waals surface area contributed by atoms with Gasteiger partial charge in [0.05, 0.1) is 0 Å². The summed E-state index contributed by atoms with van der Waals surface area (Å²) in [6.45, 7) is 3.58. The Morgan fingerprint density at radius 2 is 2.30 bits per heavy atom. The van der Waals surface area contributed by atoms with Crippen LogP contribution in [0.4, 0.5) is 0 Å². The SMILES string of the molecule is C=CCC1=C=C=C(O)C=C1. The zero-order chi connectivity index (χ0) is 7.40. The summed E-state index contributed by atoms with van der Waals surface area (Å²) in [4.78, 5) is 0. The van der Waals surface area contributed by atoms with Crippen LogP contribution in [0.3, 0.4) is 0 Å². The van der Waals surface area contributed by atoms with Crippen molar-refractivity contribution in [2.24, 2.45) is 0 Å². The summed E-state index contributed by atoms with van der Waals surface area (Å²) in [5.74, 6) is 0.132. The van der Waals surface area contributed by atoms with Crippen molar-refractivity contribution in [3.63, 3.8) is 0 Å². The third kappa shape index (κ3) is 1.53. The van der Waals surface area contributed by atoms with Crippen LogP contribution in [0.1, 0.15) is 6.42 Å². The Labute approximate surface area is 60.0 Å². The summed E-state index contributed by atoms with van der Waals surface area (Å²) >= 11 is 0. The molecule has 1 aliphatic rings. The molecule has 0 aliphatic heterocycles. The molecule has 0 saturated heterocycles. The Kier molecular flexibility index (Phi) is 1.96. The van der Waals surface area contributed by atoms with Crippen molar-refractivity contribution in [2.75, 3.05) is 0 Å². The topological polar surface area (TPSA) is 20.2 Å². The summed E-state index contributed by atoms with van der Waals surface area (Å²) in [6.07, 6.45) is 5.95. The number of allylic oxidation sites excluding steroid dienone is 4. The fraction of sp³-hybridized carbons (Fsp3) is 0.111. The van der Waals surface area contributed by atoms with Gasteiger partial charge >= 0.3 is 0 Å². The molecule has 0 amide bonds. The molecule has 0 heterocycles. The van der Waals surface area contributed by atoms with Gasteiger partial charge in [0.1, 0.15) is 0 Å². The van der Waals surface area contributed by atoms with Gasteiger partial charge in [-0.3, -0.25) is 0 Å². The highest BCUT2D eigenvalue weighted by Gasteiger charge is 1.91. The fourth-order valence-corrected chi connectivity index (χ4v) is 0.682. The molecule has 0 saturated carbocycles. The van der Waals surface area contributed by atoms with Gasteiger partial charge in [-0.15, -0.1) is 6.58 Å². The maximum atomic E-state index is 8.81. The molecular formula is C9H8O. The predicted molar refractivity (Wildman–Crippen MR) is 40.6 cm³/mol. The zero-order valence-corrected chi connectivity index (χ0v) is 5.59. The minimum atomic E-state index is 0.132. The van der Waals surface area contributed by atoms with Gasteiger partial charge in [0, 0.05) is 5.57 Å². The van der Waals surface area contributed by atoms with Crippen molar-refractivity contribution in [1.29, 1.82) is 0 Å². The molecule has 10 heavy (non-hydrogen) atoms. The molecule has 1 nitrogen and oxygen atoms in total. The molecule has 0 unspecified atom stereocenters. The monoisotopic (exact) mass is 132 g/mol. The Morgan fingerprint density at radius 1 is 1.50 bits per heavy atom. The number of aliphatic hydroxyl groups excluding tert-OH is 1. The molecule has 1 aliphatic carbocycles. The first-order valence-corrected chi connectivity index (χ1v) is 3.05. The molecule has 0 bridgehead atoms. The summed E-state index contributed by atoms with van der Waals surface area (Å²) in [5, 5.41) is 8.81. The van der Waals surface area contributed by atoms with E-state index in [2.05, 4.69) is 18.0 Å². The first kappa shape index (κ1) is 6.70. The highest BCUT2D eigenvalue weighted by atomic mass is 16.3. The lowest BCUT2D eigenvalue weighted by Crippen LogP contribution is -1.78. The summed E-state index contributed by atoms with van der Waals surface area (Å²) in [7, 11) is 0. The van der Waals surface area contributed by atoms with Gasteiger partial charge in [0.15, 0.2) is 5.76 Å². The van der Waals surface area contributed by atoms with E-state index in [0.717, 1.165) is 12.0 Å². The van der Waals surface area contributed by atoms with Crippen LogP contribution in [-0.4, -0.2) is 5.11 Å². The van der Waals surface area contributed by atoms with E-state index in [-0.39, 0.29) is 5.76 Å². The molecule has 1 heteroatoms. The van der Waals surface area contributed by atoms with E-state index < -0.39 is 0 Å². The maximum Gasteiger partial charge on any atom is 0.167 e. The number of aliphatic hydroxyl groups is 1. The number of rotatable bonds is 2. The summed E-state index contributed by atoms with van der Waals surface area (Å²) in [5.41, 5.74) is 6.35. The largest absolute Gasteiger partial charge is 0.501 e. The molecule has 0 atom stereocenters. The van der Waals surface area contributed by atoms with E-state index in [9.17, 15) is 0 Å². The normalized spacial score (nSPS) is 14.4. The lowest BCUT2D eigenvalue weighted by atomic mass is 10.1. The molecule has 0 radical (unpaired) electrons. The van der Waals surface area contributed by atoms with Crippen LogP contribution < -0.4 is 0 Å².